The van der Waals surface area contributed by atoms with E-state index in [0.29, 0.717) is 6.42 Å². The summed E-state index contributed by atoms with van der Waals surface area (Å²) < 4.78 is 5.37. The summed E-state index contributed by atoms with van der Waals surface area (Å²) in [5.74, 6) is -0.157. The quantitative estimate of drug-likeness (QED) is 0.715. The van der Waals surface area contributed by atoms with Crippen molar-refractivity contribution in [3.05, 3.63) is 65.7 Å². The molecule has 1 heterocycles. The van der Waals surface area contributed by atoms with Gasteiger partial charge in [0.1, 0.15) is 0 Å². The Hall–Kier alpha value is -1.63. The minimum absolute atomic E-state index is 0. The van der Waals surface area contributed by atoms with E-state index in [1.54, 1.807) is 0 Å². The third kappa shape index (κ3) is 7.78. The van der Waals surface area contributed by atoms with E-state index in [0.717, 1.165) is 50.5 Å². The fraction of sp³-hybridized carbons (Fsp3) is 0.381. The van der Waals surface area contributed by atoms with Crippen molar-refractivity contribution < 1.29 is 9.53 Å². The molecule has 154 valence electrons. The average Bonchev–Trinajstić information content (AvgIpc) is 2.69. The van der Waals surface area contributed by atoms with Gasteiger partial charge in [0.15, 0.2) is 0 Å². The van der Waals surface area contributed by atoms with Crippen LogP contribution in [-0.4, -0.2) is 49.7 Å². The molecular formula is C21H29Cl2N3O2. The molecule has 2 aromatic rings. The van der Waals surface area contributed by atoms with Crippen LogP contribution in [0.25, 0.3) is 0 Å². The van der Waals surface area contributed by atoms with Gasteiger partial charge in [-0.1, -0.05) is 42.5 Å². The van der Waals surface area contributed by atoms with Gasteiger partial charge in [-0.3, -0.25) is 9.69 Å². The maximum atomic E-state index is 12.3. The molecule has 1 unspecified atom stereocenters. The first-order valence-electron chi connectivity index (χ1n) is 9.20. The van der Waals surface area contributed by atoms with Crippen molar-refractivity contribution in [1.29, 1.82) is 0 Å². The number of nitrogens with zero attached hydrogens (tertiary/aromatic N) is 1. The molecule has 5 nitrogen and oxygen atoms in total. The second kappa shape index (κ2) is 12.8. The van der Waals surface area contributed by atoms with Crippen LogP contribution in [0.15, 0.2) is 54.6 Å². The Morgan fingerprint density at radius 1 is 1.00 bits per heavy atom. The van der Waals surface area contributed by atoms with Gasteiger partial charge in [0.25, 0.3) is 0 Å². The fourth-order valence-electron chi connectivity index (χ4n) is 3.06. The maximum Gasteiger partial charge on any atom is 0.241 e. The number of halogens is 2. The molecule has 1 atom stereocenters. The van der Waals surface area contributed by atoms with Gasteiger partial charge >= 0.3 is 0 Å². The van der Waals surface area contributed by atoms with Gasteiger partial charge in [0.05, 0.1) is 19.3 Å². The number of rotatable bonds is 7. The van der Waals surface area contributed by atoms with Crippen LogP contribution in [0.3, 0.4) is 0 Å². The van der Waals surface area contributed by atoms with Crippen LogP contribution in [-0.2, 0) is 22.4 Å². The van der Waals surface area contributed by atoms with Crippen molar-refractivity contribution in [3.63, 3.8) is 0 Å². The summed E-state index contributed by atoms with van der Waals surface area (Å²) in [5, 5.41) is 2.90. The number of hydrogen-bond donors (Lipinski definition) is 2. The van der Waals surface area contributed by atoms with Gasteiger partial charge in [-0.05, 0) is 36.1 Å². The van der Waals surface area contributed by atoms with Crippen LogP contribution in [0.4, 0.5) is 5.69 Å². The van der Waals surface area contributed by atoms with Crippen LogP contribution in [0.1, 0.15) is 11.1 Å². The van der Waals surface area contributed by atoms with E-state index in [1.807, 2.05) is 42.5 Å². The molecule has 1 fully saturated rings. The van der Waals surface area contributed by atoms with Gasteiger partial charge in [-0.2, -0.15) is 0 Å². The lowest BCUT2D eigenvalue weighted by atomic mass is 10.1. The van der Waals surface area contributed by atoms with E-state index in [9.17, 15) is 4.79 Å². The molecule has 1 amide bonds. The van der Waals surface area contributed by atoms with Gasteiger partial charge in [0, 0.05) is 25.3 Å². The van der Waals surface area contributed by atoms with Crippen molar-refractivity contribution in [2.45, 2.75) is 18.9 Å². The number of hydrogen-bond acceptors (Lipinski definition) is 4. The van der Waals surface area contributed by atoms with E-state index in [2.05, 4.69) is 22.3 Å². The summed E-state index contributed by atoms with van der Waals surface area (Å²) in [6.07, 6.45) is 1.53. The van der Waals surface area contributed by atoms with E-state index in [-0.39, 0.29) is 30.7 Å². The Balaban J connectivity index is 0.00000196. The van der Waals surface area contributed by atoms with E-state index >= 15 is 0 Å². The molecular weight excluding hydrogens is 397 g/mol. The number of amides is 1. The fourth-order valence-corrected chi connectivity index (χ4v) is 3.06. The number of carbonyl (C=O) groups excluding carboxylic acids is 1. The Labute approximate surface area is 179 Å². The number of nitrogens with two attached hydrogens (primary N) is 1. The Morgan fingerprint density at radius 3 is 2.29 bits per heavy atom. The predicted molar refractivity (Wildman–Crippen MR) is 119 cm³/mol. The zero-order valence-electron chi connectivity index (χ0n) is 15.9. The highest BCUT2D eigenvalue weighted by Gasteiger charge is 2.14. The molecule has 0 spiro atoms. The van der Waals surface area contributed by atoms with Crippen LogP contribution < -0.4 is 11.1 Å². The monoisotopic (exact) mass is 425 g/mol. The number of anilines is 1. The highest BCUT2D eigenvalue weighted by atomic mass is 35.5. The minimum Gasteiger partial charge on any atom is -0.379 e. The van der Waals surface area contributed by atoms with Crippen molar-refractivity contribution in [3.8, 4) is 0 Å². The third-order valence-corrected chi connectivity index (χ3v) is 4.68. The summed E-state index contributed by atoms with van der Waals surface area (Å²) in [7, 11) is 0. The first-order valence-corrected chi connectivity index (χ1v) is 9.20. The van der Waals surface area contributed by atoms with Gasteiger partial charge in [-0.15, -0.1) is 24.8 Å². The number of benzene rings is 2. The van der Waals surface area contributed by atoms with Crippen molar-refractivity contribution in [1.82, 2.24) is 4.90 Å². The first-order chi connectivity index (χ1) is 12.7. The van der Waals surface area contributed by atoms with E-state index in [1.165, 1.54) is 5.56 Å². The molecule has 28 heavy (non-hydrogen) atoms. The van der Waals surface area contributed by atoms with Crippen molar-refractivity contribution >= 4 is 36.4 Å². The molecule has 1 aliphatic heterocycles. The standard InChI is InChI=1S/C21H27N3O2.2ClH/c22-20(16-18-4-2-1-3-5-18)21(25)23-19-8-6-17(7-9-19)10-11-24-12-14-26-15-13-24;;/h1-9,20H,10-16,22H2,(H,23,25);2*1H. The summed E-state index contributed by atoms with van der Waals surface area (Å²) in [6, 6.07) is 17.3. The highest BCUT2D eigenvalue weighted by molar-refractivity contribution is 5.94. The predicted octanol–water partition coefficient (Wildman–Crippen LogP) is 2.91. The summed E-state index contributed by atoms with van der Waals surface area (Å²) in [6.45, 7) is 4.71. The molecule has 7 heteroatoms. The van der Waals surface area contributed by atoms with Crippen molar-refractivity contribution in [2.24, 2.45) is 5.73 Å². The second-order valence-corrected chi connectivity index (χ2v) is 6.69. The topological polar surface area (TPSA) is 67.6 Å². The van der Waals surface area contributed by atoms with Gasteiger partial charge in [0.2, 0.25) is 5.91 Å². The van der Waals surface area contributed by atoms with Gasteiger partial charge in [-0.25, -0.2) is 0 Å². The molecule has 0 radical (unpaired) electrons. The van der Waals surface area contributed by atoms with Crippen LogP contribution in [0.5, 0.6) is 0 Å². The molecule has 1 aliphatic rings. The van der Waals surface area contributed by atoms with E-state index < -0.39 is 6.04 Å². The SMILES string of the molecule is Cl.Cl.NC(Cc1ccccc1)C(=O)Nc1ccc(CCN2CCOCC2)cc1. The van der Waals surface area contributed by atoms with Crippen LogP contribution >= 0.6 is 24.8 Å². The molecule has 0 aliphatic carbocycles. The minimum atomic E-state index is -0.557. The molecule has 0 saturated carbocycles. The van der Waals surface area contributed by atoms with Crippen LogP contribution in [0, 0.1) is 0 Å². The summed E-state index contributed by atoms with van der Waals surface area (Å²) >= 11 is 0. The average molecular weight is 426 g/mol. The van der Waals surface area contributed by atoms with Gasteiger partial charge < -0.3 is 15.8 Å². The first kappa shape index (κ1) is 24.4. The smallest absolute Gasteiger partial charge is 0.241 e. The summed E-state index contributed by atoms with van der Waals surface area (Å²) in [4.78, 5) is 14.7. The Kier molecular flexibility index (Phi) is 11.1. The molecule has 1 saturated heterocycles. The number of carbonyl (C=O) groups is 1. The number of nitrogens with one attached hydrogen (secondary N) is 1. The highest BCUT2D eigenvalue weighted by Crippen LogP contribution is 2.12. The largest absolute Gasteiger partial charge is 0.379 e. The number of ether oxygens (including phenoxy) is 1. The zero-order valence-corrected chi connectivity index (χ0v) is 17.5. The molecule has 0 aromatic heterocycles. The van der Waals surface area contributed by atoms with Crippen LogP contribution in [0.2, 0.25) is 0 Å². The Morgan fingerprint density at radius 2 is 1.64 bits per heavy atom. The van der Waals surface area contributed by atoms with E-state index in [4.69, 9.17) is 10.5 Å². The molecule has 3 N–H and O–H groups in total. The zero-order chi connectivity index (χ0) is 18.2. The normalized spacial score (nSPS) is 15.0. The molecule has 2 aromatic carbocycles. The second-order valence-electron chi connectivity index (χ2n) is 6.69. The lowest BCUT2D eigenvalue weighted by Crippen LogP contribution is -2.37. The number of morpholine rings is 1. The molecule has 0 bridgehead atoms. The lowest BCUT2D eigenvalue weighted by Gasteiger charge is -2.26. The third-order valence-electron chi connectivity index (χ3n) is 4.68. The molecule has 3 rings (SSSR count). The lowest BCUT2D eigenvalue weighted by molar-refractivity contribution is -0.117. The Bertz CT molecular complexity index is 693. The summed E-state index contributed by atoms with van der Waals surface area (Å²) in [5.41, 5.74) is 9.15. The maximum absolute atomic E-state index is 12.3. The van der Waals surface area contributed by atoms with Crippen molar-refractivity contribution in [2.75, 3.05) is 38.2 Å².